The Hall–Kier alpha value is -3.90. The van der Waals surface area contributed by atoms with Crippen LogP contribution in [0.1, 0.15) is 18.1 Å². The molecule has 0 aliphatic carbocycles. The number of ether oxygens (including phenoxy) is 2. The molecule has 1 N–H and O–H groups in total. The van der Waals surface area contributed by atoms with Crippen molar-refractivity contribution >= 4 is 43.7 Å². The molecule has 0 saturated carbocycles. The number of para-hydroxylation sites is 1. The molecule has 0 aliphatic heterocycles. The monoisotopic (exact) mass is 453 g/mol. The van der Waals surface area contributed by atoms with E-state index in [1.54, 1.807) is 17.6 Å². The van der Waals surface area contributed by atoms with Crippen molar-refractivity contribution in [1.82, 2.24) is 4.98 Å². The lowest BCUT2D eigenvalue weighted by atomic mass is 10.1. The van der Waals surface area contributed by atoms with Gasteiger partial charge in [0.25, 0.3) is 0 Å². The van der Waals surface area contributed by atoms with Crippen molar-refractivity contribution in [2.24, 2.45) is 5.10 Å². The second-order valence-corrected chi connectivity index (χ2v) is 8.45. The van der Waals surface area contributed by atoms with Crippen LogP contribution in [0.4, 0.5) is 5.13 Å². The predicted molar refractivity (Wildman–Crippen MR) is 137 cm³/mol. The third-order valence-electron chi connectivity index (χ3n) is 5.20. The van der Waals surface area contributed by atoms with E-state index in [0.717, 1.165) is 26.5 Å². The lowest BCUT2D eigenvalue weighted by Crippen LogP contribution is -2.01. The van der Waals surface area contributed by atoms with Crippen LogP contribution in [0, 0.1) is 0 Å². The standard InChI is InChI=1S/C27H23N3O2S/c1-2-31-25-16-19(17-28-30-27-29-23-12-5-6-13-26(23)33-27)14-15-24(25)32-18-21-10-7-9-20-8-3-4-11-22(20)21/h3-17H,2,18H2,1H3,(H,29,30)/b28-17+. The molecule has 33 heavy (non-hydrogen) atoms. The molecule has 0 saturated heterocycles. The first-order valence-electron chi connectivity index (χ1n) is 10.8. The Labute approximate surface area is 196 Å². The van der Waals surface area contributed by atoms with Crippen LogP contribution in [-0.2, 0) is 6.61 Å². The van der Waals surface area contributed by atoms with E-state index in [4.69, 9.17) is 9.47 Å². The minimum atomic E-state index is 0.466. The molecular formula is C27H23N3O2S. The second kappa shape index (κ2) is 9.71. The van der Waals surface area contributed by atoms with Crippen LogP contribution in [-0.4, -0.2) is 17.8 Å². The summed E-state index contributed by atoms with van der Waals surface area (Å²) in [7, 11) is 0. The molecule has 5 rings (SSSR count). The molecule has 6 heteroatoms. The molecule has 0 aliphatic rings. The minimum absolute atomic E-state index is 0.466. The van der Waals surface area contributed by atoms with Crippen molar-refractivity contribution in [3.05, 3.63) is 96.1 Å². The number of nitrogens with one attached hydrogen (secondary N) is 1. The smallest absolute Gasteiger partial charge is 0.204 e. The fourth-order valence-electron chi connectivity index (χ4n) is 3.65. The Morgan fingerprint density at radius 2 is 1.76 bits per heavy atom. The number of nitrogens with zero attached hydrogens (tertiary/aromatic N) is 2. The van der Waals surface area contributed by atoms with Gasteiger partial charge in [0.15, 0.2) is 11.5 Å². The van der Waals surface area contributed by atoms with Gasteiger partial charge < -0.3 is 9.47 Å². The van der Waals surface area contributed by atoms with Crippen LogP contribution in [0.3, 0.4) is 0 Å². The van der Waals surface area contributed by atoms with Gasteiger partial charge in [0.05, 0.1) is 23.0 Å². The number of rotatable bonds is 8. The van der Waals surface area contributed by atoms with Gasteiger partial charge in [0.1, 0.15) is 6.61 Å². The molecule has 0 spiro atoms. The predicted octanol–water partition coefficient (Wildman–Crippen LogP) is 6.87. The van der Waals surface area contributed by atoms with Gasteiger partial charge in [-0.3, -0.25) is 5.43 Å². The molecule has 0 atom stereocenters. The van der Waals surface area contributed by atoms with Gasteiger partial charge in [0, 0.05) is 0 Å². The Kier molecular flexibility index (Phi) is 6.17. The zero-order valence-corrected chi connectivity index (χ0v) is 19.0. The highest BCUT2D eigenvalue weighted by molar-refractivity contribution is 7.22. The van der Waals surface area contributed by atoms with Crippen LogP contribution in [0.5, 0.6) is 11.5 Å². The summed E-state index contributed by atoms with van der Waals surface area (Å²) in [4.78, 5) is 4.53. The normalized spacial score (nSPS) is 11.3. The zero-order valence-electron chi connectivity index (χ0n) is 18.2. The summed E-state index contributed by atoms with van der Waals surface area (Å²) in [5.41, 5.74) is 6.03. The quantitative estimate of drug-likeness (QED) is 0.206. The van der Waals surface area contributed by atoms with Crippen molar-refractivity contribution in [3.63, 3.8) is 0 Å². The Morgan fingerprint density at radius 3 is 2.67 bits per heavy atom. The number of hydrazone groups is 1. The first-order valence-corrected chi connectivity index (χ1v) is 11.6. The molecule has 0 bridgehead atoms. The van der Waals surface area contributed by atoms with E-state index in [1.807, 2.05) is 61.5 Å². The van der Waals surface area contributed by atoms with Crippen LogP contribution in [0.2, 0.25) is 0 Å². The molecular weight excluding hydrogens is 430 g/mol. The number of benzene rings is 4. The number of thiazole rings is 1. The first-order chi connectivity index (χ1) is 16.3. The van der Waals surface area contributed by atoms with Crippen molar-refractivity contribution < 1.29 is 9.47 Å². The Bertz CT molecular complexity index is 1390. The maximum atomic E-state index is 6.15. The van der Waals surface area contributed by atoms with Gasteiger partial charge in [-0.15, -0.1) is 0 Å². The third kappa shape index (κ3) is 4.81. The van der Waals surface area contributed by atoms with Crippen molar-refractivity contribution in [1.29, 1.82) is 0 Å². The molecule has 0 unspecified atom stereocenters. The SMILES string of the molecule is CCOc1cc(/C=N/Nc2nc3ccccc3s2)ccc1OCc1cccc2ccccc12. The fraction of sp³-hybridized carbons (Fsp3) is 0.111. The summed E-state index contributed by atoms with van der Waals surface area (Å²) in [6, 6.07) is 28.4. The molecule has 164 valence electrons. The average molecular weight is 454 g/mol. The summed E-state index contributed by atoms with van der Waals surface area (Å²) >= 11 is 1.57. The third-order valence-corrected chi connectivity index (χ3v) is 6.14. The maximum absolute atomic E-state index is 6.15. The first kappa shape index (κ1) is 21.0. The summed E-state index contributed by atoms with van der Waals surface area (Å²) in [5.74, 6) is 1.41. The van der Waals surface area contributed by atoms with E-state index >= 15 is 0 Å². The summed E-state index contributed by atoms with van der Waals surface area (Å²) in [6.07, 6.45) is 1.75. The number of hydrogen-bond donors (Lipinski definition) is 1. The molecule has 0 amide bonds. The number of fused-ring (bicyclic) bond motifs is 2. The highest BCUT2D eigenvalue weighted by Crippen LogP contribution is 2.30. The van der Waals surface area contributed by atoms with Gasteiger partial charge in [-0.1, -0.05) is 65.9 Å². The summed E-state index contributed by atoms with van der Waals surface area (Å²) < 4.78 is 13.1. The van der Waals surface area contributed by atoms with Gasteiger partial charge in [-0.2, -0.15) is 5.10 Å². The van der Waals surface area contributed by atoms with E-state index in [-0.39, 0.29) is 0 Å². The zero-order chi connectivity index (χ0) is 22.5. The molecule has 4 aromatic carbocycles. The Morgan fingerprint density at radius 1 is 0.909 bits per heavy atom. The van der Waals surface area contributed by atoms with Crippen LogP contribution < -0.4 is 14.9 Å². The molecule has 5 aromatic rings. The average Bonchev–Trinajstić information content (AvgIpc) is 3.26. The minimum Gasteiger partial charge on any atom is -0.490 e. The number of hydrogen-bond acceptors (Lipinski definition) is 6. The highest BCUT2D eigenvalue weighted by Gasteiger charge is 2.08. The molecule has 1 heterocycles. The van der Waals surface area contributed by atoms with Gasteiger partial charge in [-0.05, 0) is 59.2 Å². The molecule has 1 aromatic heterocycles. The number of anilines is 1. The summed E-state index contributed by atoms with van der Waals surface area (Å²) in [5, 5.41) is 7.50. The molecule has 0 radical (unpaired) electrons. The maximum Gasteiger partial charge on any atom is 0.204 e. The van der Waals surface area contributed by atoms with Crippen molar-refractivity contribution in [3.8, 4) is 11.5 Å². The van der Waals surface area contributed by atoms with Crippen LogP contribution in [0.25, 0.3) is 21.0 Å². The van der Waals surface area contributed by atoms with Crippen LogP contribution in [0.15, 0.2) is 90.0 Å². The van der Waals surface area contributed by atoms with E-state index in [9.17, 15) is 0 Å². The lowest BCUT2D eigenvalue weighted by Gasteiger charge is -2.13. The van der Waals surface area contributed by atoms with E-state index in [0.29, 0.717) is 24.7 Å². The topological polar surface area (TPSA) is 55.7 Å². The van der Waals surface area contributed by atoms with E-state index in [1.165, 1.54) is 10.8 Å². The fourth-order valence-corrected chi connectivity index (χ4v) is 4.46. The summed E-state index contributed by atoms with van der Waals surface area (Å²) in [6.45, 7) is 2.98. The van der Waals surface area contributed by atoms with Gasteiger partial charge in [-0.25, -0.2) is 4.98 Å². The van der Waals surface area contributed by atoms with Crippen LogP contribution >= 0.6 is 11.3 Å². The van der Waals surface area contributed by atoms with E-state index < -0.39 is 0 Å². The van der Waals surface area contributed by atoms with Gasteiger partial charge in [0.2, 0.25) is 5.13 Å². The number of aromatic nitrogens is 1. The van der Waals surface area contributed by atoms with E-state index in [2.05, 4.69) is 45.8 Å². The van der Waals surface area contributed by atoms with Crippen molar-refractivity contribution in [2.75, 3.05) is 12.0 Å². The largest absolute Gasteiger partial charge is 0.490 e. The lowest BCUT2D eigenvalue weighted by molar-refractivity contribution is 0.270. The molecule has 5 nitrogen and oxygen atoms in total. The molecule has 0 fully saturated rings. The van der Waals surface area contributed by atoms with Crippen molar-refractivity contribution in [2.45, 2.75) is 13.5 Å². The Balaban J connectivity index is 1.30. The van der Waals surface area contributed by atoms with Gasteiger partial charge >= 0.3 is 0 Å². The second-order valence-electron chi connectivity index (χ2n) is 7.42. The highest BCUT2D eigenvalue weighted by atomic mass is 32.1.